The number of methoxy groups -OCH3 is 1. The monoisotopic (exact) mass is 464 g/mol. The van der Waals surface area contributed by atoms with Crippen LogP contribution < -0.4 is 15.0 Å². The van der Waals surface area contributed by atoms with E-state index in [2.05, 4.69) is 5.32 Å². The van der Waals surface area contributed by atoms with E-state index >= 15 is 0 Å². The minimum absolute atomic E-state index is 0.104. The zero-order valence-electron chi connectivity index (χ0n) is 18.6. The smallest absolute Gasteiger partial charge is 0.282 e. The lowest BCUT2D eigenvalue weighted by molar-refractivity contribution is -0.120. The molecule has 1 N–H and O–H groups in total. The normalized spacial score (nSPS) is 13.7. The van der Waals surface area contributed by atoms with Crippen molar-refractivity contribution >= 4 is 40.4 Å². The molecule has 3 aromatic carbocycles. The maximum atomic E-state index is 13.7. The molecule has 5 nitrogen and oxygen atoms in total. The summed E-state index contributed by atoms with van der Waals surface area (Å²) in [7, 11) is 1.53. The molecule has 0 saturated heterocycles. The Bertz CT molecular complexity index is 1330. The first kappa shape index (κ1) is 22.6. The zero-order chi connectivity index (χ0) is 23.9. The van der Waals surface area contributed by atoms with Gasteiger partial charge in [0.2, 0.25) is 0 Å². The molecule has 168 valence electrons. The molecule has 0 aromatic heterocycles. The number of imide groups is 1. The molecule has 0 unspecified atom stereocenters. The van der Waals surface area contributed by atoms with E-state index in [4.69, 9.17) is 16.3 Å². The third-order valence-corrected chi connectivity index (χ3v) is 5.95. The average Bonchev–Trinajstić information content (AvgIpc) is 3.02. The number of aryl methyl sites for hydroxylation is 3. The molecule has 33 heavy (non-hydrogen) atoms. The lowest BCUT2D eigenvalue weighted by Crippen LogP contribution is -2.32. The van der Waals surface area contributed by atoms with Crippen LogP contribution in [0, 0.1) is 26.6 Å². The lowest BCUT2D eigenvalue weighted by atomic mass is 9.99. The van der Waals surface area contributed by atoms with Gasteiger partial charge in [0, 0.05) is 0 Å². The summed E-state index contributed by atoms with van der Waals surface area (Å²) in [6.07, 6.45) is 0. The van der Waals surface area contributed by atoms with Crippen molar-refractivity contribution in [2.45, 2.75) is 20.8 Å². The number of hydrogen-bond acceptors (Lipinski definition) is 4. The molecule has 0 radical (unpaired) electrons. The minimum atomic E-state index is -0.635. The van der Waals surface area contributed by atoms with E-state index in [1.807, 2.05) is 45.0 Å². The molecule has 4 rings (SSSR count). The van der Waals surface area contributed by atoms with Crippen LogP contribution in [0.3, 0.4) is 0 Å². The lowest BCUT2D eigenvalue weighted by Gasteiger charge is -2.16. The summed E-state index contributed by atoms with van der Waals surface area (Å²) in [4.78, 5) is 28.1. The number of anilines is 2. The Hall–Kier alpha value is -3.64. The summed E-state index contributed by atoms with van der Waals surface area (Å²) < 4.78 is 19.2. The van der Waals surface area contributed by atoms with E-state index in [0.717, 1.165) is 27.7 Å². The van der Waals surface area contributed by atoms with Crippen molar-refractivity contribution in [1.29, 1.82) is 0 Å². The molecule has 0 aliphatic carbocycles. The van der Waals surface area contributed by atoms with Crippen LogP contribution in [-0.2, 0) is 9.59 Å². The molecule has 0 bridgehead atoms. The molecule has 7 heteroatoms. The number of amides is 2. The number of ether oxygens (including phenoxy) is 1. The standard InChI is InChI=1S/C26H22ClFN2O3/c1-14-5-10-22(33-4)21(11-14)29-24-23(17-7-6-15(2)16(3)12-17)25(31)30(26(24)32)18-8-9-20(28)19(27)13-18/h5-13,29H,1-4H3. The molecule has 1 aliphatic rings. The van der Waals surface area contributed by atoms with Gasteiger partial charge in [-0.2, -0.15) is 0 Å². The fourth-order valence-electron chi connectivity index (χ4n) is 3.72. The maximum Gasteiger partial charge on any atom is 0.282 e. The molecule has 0 spiro atoms. The van der Waals surface area contributed by atoms with E-state index in [1.54, 1.807) is 12.1 Å². The van der Waals surface area contributed by atoms with E-state index in [0.29, 0.717) is 17.0 Å². The first-order valence-electron chi connectivity index (χ1n) is 10.3. The number of rotatable bonds is 5. The highest BCUT2D eigenvalue weighted by Crippen LogP contribution is 2.37. The second-order valence-electron chi connectivity index (χ2n) is 7.92. The van der Waals surface area contributed by atoms with Gasteiger partial charge in [-0.05, 0) is 73.4 Å². The Morgan fingerprint density at radius 1 is 0.909 bits per heavy atom. The predicted octanol–water partition coefficient (Wildman–Crippen LogP) is 5.81. The molecule has 1 heterocycles. The zero-order valence-corrected chi connectivity index (χ0v) is 19.4. The van der Waals surface area contributed by atoms with Crippen molar-refractivity contribution < 1.29 is 18.7 Å². The molecule has 0 fully saturated rings. The highest BCUT2D eigenvalue weighted by molar-refractivity contribution is 6.46. The number of nitrogens with one attached hydrogen (secondary N) is 1. The molecule has 3 aromatic rings. The van der Waals surface area contributed by atoms with Crippen LogP contribution in [0.1, 0.15) is 22.3 Å². The van der Waals surface area contributed by atoms with Crippen LogP contribution in [0.25, 0.3) is 5.57 Å². The van der Waals surface area contributed by atoms with Crippen LogP contribution in [0.15, 0.2) is 60.3 Å². The fourth-order valence-corrected chi connectivity index (χ4v) is 3.90. The van der Waals surface area contributed by atoms with Gasteiger partial charge in [-0.25, -0.2) is 9.29 Å². The summed E-state index contributed by atoms with van der Waals surface area (Å²) in [6.45, 7) is 5.82. The summed E-state index contributed by atoms with van der Waals surface area (Å²) in [5.41, 5.74) is 4.65. The Morgan fingerprint density at radius 2 is 1.67 bits per heavy atom. The van der Waals surface area contributed by atoms with Crippen molar-refractivity contribution in [2.75, 3.05) is 17.3 Å². The van der Waals surface area contributed by atoms with Crippen molar-refractivity contribution in [2.24, 2.45) is 0 Å². The average molecular weight is 465 g/mol. The van der Waals surface area contributed by atoms with Gasteiger partial charge < -0.3 is 10.1 Å². The van der Waals surface area contributed by atoms with Crippen molar-refractivity contribution in [3.05, 3.63) is 93.4 Å². The maximum absolute atomic E-state index is 13.7. The van der Waals surface area contributed by atoms with Crippen molar-refractivity contribution in [3.63, 3.8) is 0 Å². The largest absolute Gasteiger partial charge is 0.495 e. The Morgan fingerprint density at radius 3 is 2.33 bits per heavy atom. The number of carbonyl (C=O) groups is 2. The van der Waals surface area contributed by atoms with Gasteiger partial charge in [-0.3, -0.25) is 9.59 Å². The van der Waals surface area contributed by atoms with Gasteiger partial charge in [-0.1, -0.05) is 35.9 Å². The highest BCUT2D eigenvalue weighted by atomic mass is 35.5. The van der Waals surface area contributed by atoms with Crippen molar-refractivity contribution in [3.8, 4) is 5.75 Å². The highest BCUT2D eigenvalue weighted by Gasteiger charge is 2.40. The first-order chi connectivity index (χ1) is 15.7. The number of carbonyl (C=O) groups excluding carboxylic acids is 2. The van der Waals surface area contributed by atoms with Crippen LogP contribution in [0.2, 0.25) is 5.02 Å². The fraction of sp³-hybridized carbons (Fsp3) is 0.154. The number of nitrogens with zero attached hydrogens (tertiary/aromatic N) is 1. The third-order valence-electron chi connectivity index (χ3n) is 5.66. The third kappa shape index (κ3) is 4.10. The Balaban J connectivity index is 1.88. The summed E-state index contributed by atoms with van der Waals surface area (Å²) in [5.74, 6) is -1.21. The summed E-state index contributed by atoms with van der Waals surface area (Å²) in [6, 6.07) is 14.8. The molecule has 0 atom stereocenters. The second kappa shape index (κ2) is 8.71. The van der Waals surface area contributed by atoms with Gasteiger partial charge in [0.25, 0.3) is 11.8 Å². The van der Waals surface area contributed by atoms with Gasteiger partial charge in [0.05, 0.1) is 29.1 Å². The van der Waals surface area contributed by atoms with Crippen LogP contribution in [0.4, 0.5) is 15.8 Å². The molecular formula is C26H22ClFN2O3. The summed E-state index contributed by atoms with van der Waals surface area (Å²) in [5, 5.41) is 2.95. The SMILES string of the molecule is COc1ccc(C)cc1NC1=C(c2ccc(C)c(C)c2)C(=O)N(c2ccc(F)c(Cl)c2)C1=O. The van der Waals surface area contributed by atoms with Gasteiger partial charge in [0.15, 0.2) is 0 Å². The van der Waals surface area contributed by atoms with E-state index in [1.165, 1.54) is 19.2 Å². The van der Waals surface area contributed by atoms with Gasteiger partial charge in [-0.15, -0.1) is 0 Å². The van der Waals surface area contributed by atoms with E-state index in [-0.39, 0.29) is 22.0 Å². The van der Waals surface area contributed by atoms with Gasteiger partial charge >= 0.3 is 0 Å². The number of benzene rings is 3. The number of halogens is 2. The van der Waals surface area contributed by atoms with Crippen LogP contribution >= 0.6 is 11.6 Å². The molecule has 0 saturated carbocycles. The Labute approximate surface area is 196 Å². The number of hydrogen-bond donors (Lipinski definition) is 1. The predicted molar refractivity (Wildman–Crippen MR) is 128 cm³/mol. The molecule has 2 amide bonds. The second-order valence-corrected chi connectivity index (χ2v) is 8.33. The van der Waals surface area contributed by atoms with Crippen LogP contribution in [-0.4, -0.2) is 18.9 Å². The minimum Gasteiger partial charge on any atom is -0.495 e. The van der Waals surface area contributed by atoms with Crippen molar-refractivity contribution in [1.82, 2.24) is 0 Å². The van der Waals surface area contributed by atoms with Crippen LogP contribution in [0.5, 0.6) is 5.75 Å². The molecular weight excluding hydrogens is 443 g/mol. The Kier molecular flexibility index (Phi) is 5.95. The molecule has 1 aliphatic heterocycles. The van der Waals surface area contributed by atoms with E-state index < -0.39 is 17.6 Å². The summed E-state index contributed by atoms with van der Waals surface area (Å²) >= 11 is 5.93. The van der Waals surface area contributed by atoms with E-state index in [9.17, 15) is 14.0 Å². The quantitative estimate of drug-likeness (QED) is 0.484. The topological polar surface area (TPSA) is 58.6 Å². The first-order valence-corrected chi connectivity index (χ1v) is 10.7. The van der Waals surface area contributed by atoms with Gasteiger partial charge in [0.1, 0.15) is 17.3 Å².